The summed E-state index contributed by atoms with van der Waals surface area (Å²) in [6.45, 7) is -1.14. The van der Waals surface area contributed by atoms with Crippen LogP contribution in [0.4, 0.5) is 0 Å². The number of carbonyl (C=O) groups excluding carboxylic acids is 1. The molecular formula is C56H66O17. The average molecular weight is 1010 g/mol. The van der Waals surface area contributed by atoms with Gasteiger partial charge in [0.25, 0.3) is 0 Å². The SMILES string of the molecule is CO[C@]1(COCc2ccccc2)O[C@H](CO[C@]2(CO)O[C@H](CO[C@]3(CO)O[C@H](COC(C)=O)[C@@H](O)[C@@H]3OCc3ccccc3)[C@@H](O)[C@@H]2OCc2ccccc2)[C@@H](OCc2ccccc2)[C@@H]1OCc1ccccc1. The molecule has 73 heavy (non-hydrogen) atoms. The van der Waals surface area contributed by atoms with Gasteiger partial charge in [-0.1, -0.05) is 152 Å². The normalized spacial score (nSPS) is 29.9. The number of methoxy groups -OCH3 is 1. The van der Waals surface area contributed by atoms with Crippen LogP contribution in [0.15, 0.2) is 152 Å². The summed E-state index contributed by atoms with van der Waals surface area (Å²) in [6.07, 6.45) is -10.9. The molecule has 12 atom stereocenters. The smallest absolute Gasteiger partial charge is 0.302 e. The van der Waals surface area contributed by atoms with Crippen LogP contribution in [0.5, 0.6) is 0 Å². The van der Waals surface area contributed by atoms with E-state index >= 15 is 0 Å². The quantitative estimate of drug-likeness (QED) is 0.0522. The van der Waals surface area contributed by atoms with Gasteiger partial charge in [0.2, 0.25) is 17.4 Å². The van der Waals surface area contributed by atoms with Crippen molar-refractivity contribution < 1.29 is 82.1 Å². The summed E-state index contributed by atoms with van der Waals surface area (Å²) >= 11 is 0. The Balaban J connectivity index is 1.07. The van der Waals surface area contributed by atoms with Crippen molar-refractivity contribution >= 4 is 5.97 Å². The van der Waals surface area contributed by atoms with Crippen LogP contribution in [0.2, 0.25) is 0 Å². The Labute approximate surface area is 425 Å². The number of benzene rings is 5. The number of aliphatic hydroxyl groups is 4. The molecule has 4 N–H and O–H groups in total. The minimum atomic E-state index is -2.07. The van der Waals surface area contributed by atoms with E-state index in [4.69, 9.17) is 56.8 Å². The lowest BCUT2D eigenvalue weighted by atomic mass is 10.0. The van der Waals surface area contributed by atoms with Gasteiger partial charge in [-0.05, 0) is 27.8 Å². The van der Waals surface area contributed by atoms with Crippen molar-refractivity contribution in [2.24, 2.45) is 0 Å². The predicted octanol–water partition coefficient (Wildman–Crippen LogP) is 4.78. The molecule has 8 rings (SSSR count). The first kappa shape index (κ1) is 54.2. The zero-order valence-corrected chi connectivity index (χ0v) is 41.0. The molecule has 5 aromatic carbocycles. The van der Waals surface area contributed by atoms with E-state index in [1.807, 2.05) is 152 Å². The highest BCUT2D eigenvalue weighted by Crippen LogP contribution is 2.42. The highest BCUT2D eigenvalue weighted by atomic mass is 16.8. The summed E-state index contributed by atoms with van der Waals surface area (Å²) in [6, 6.07) is 47.4. The number of ether oxygens (including phenoxy) is 12. The van der Waals surface area contributed by atoms with E-state index in [-0.39, 0.29) is 52.9 Å². The highest BCUT2D eigenvalue weighted by molar-refractivity contribution is 5.65. The Bertz CT molecular complexity index is 2390. The molecule has 0 radical (unpaired) electrons. The molecule has 5 aromatic rings. The molecule has 3 aliphatic rings. The van der Waals surface area contributed by atoms with Crippen molar-refractivity contribution in [2.45, 2.75) is 112 Å². The van der Waals surface area contributed by atoms with Crippen LogP contribution >= 0.6 is 0 Å². The molecule has 0 bridgehead atoms. The third-order valence-electron chi connectivity index (χ3n) is 13.1. The first-order valence-corrected chi connectivity index (χ1v) is 24.4. The van der Waals surface area contributed by atoms with Gasteiger partial charge in [-0.2, -0.15) is 0 Å². The summed E-state index contributed by atoms with van der Waals surface area (Å²) in [4.78, 5) is 11.8. The first-order valence-electron chi connectivity index (χ1n) is 24.4. The molecule has 17 nitrogen and oxygen atoms in total. The number of esters is 1. The maximum atomic E-state index is 12.2. The summed E-state index contributed by atoms with van der Waals surface area (Å²) in [5.74, 6) is -6.27. The van der Waals surface area contributed by atoms with Gasteiger partial charge in [-0.3, -0.25) is 4.79 Å². The van der Waals surface area contributed by atoms with Crippen molar-refractivity contribution in [3.8, 4) is 0 Å². The number of hydrogen-bond donors (Lipinski definition) is 4. The van der Waals surface area contributed by atoms with Gasteiger partial charge in [0, 0.05) is 14.0 Å². The Kier molecular flexibility index (Phi) is 19.3. The zero-order valence-electron chi connectivity index (χ0n) is 41.0. The van der Waals surface area contributed by atoms with Crippen molar-refractivity contribution in [1.29, 1.82) is 0 Å². The van der Waals surface area contributed by atoms with E-state index in [2.05, 4.69) is 0 Å². The highest BCUT2D eigenvalue weighted by Gasteiger charge is 2.62. The van der Waals surface area contributed by atoms with E-state index in [9.17, 15) is 25.2 Å². The van der Waals surface area contributed by atoms with Crippen LogP contribution in [0, 0.1) is 0 Å². The second kappa shape index (κ2) is 26.0. The van der Waals surface area contributed by atoms with Crippen LogP contribution in [-0.2, 0) is 94.7 Å². The fourth-order valence-corrected chi connectivity index (χ4v) is 9.29. The third kappa shape index (κ3) is 13.5. The first-order chi connectivity index (χ1) is 35.6. The standard InChI is InChI=1S/C56H66O17/c1-39(59)64-33-45-48(60)51(66-30-42-22-12-5-13-23-42)54(36-57,71-45)69-34-46-49(61)52(67-31-43-24-14-6-15-25-43)55(37-58,72-46)70-35-47-50(65-29-41-20-10-4-11-21-41)53(68-32-44-26-16-7-17-27-44)56(62-2,73-47)38-63-28-40-18-8-3-9-19-40/h3-27,45-53,57-58,60-61H,28-38H2,1-2H3/t45-,46-,47-,48-,49-,50-,51+,52+,53+,54-,55-,56-/m1/s1. The van der Waals surface area contributed by atoms with Gasteiger partial charge in [-0.15, -0.1) is 0 Å². The number of hydrogen-bond acceptors (Lipinski definition) is 17. The summed E-state index contributed by atoms with van der Waals surface area (Å²) < 4.78 is 76.4. The molecule has 17 heteroatoms. The van der Waals surface area contributed by atoms with Crippen LogP contribution in [-0.4, -0.2) is 145 Å². The topological polar surface area (TPSA) is 209 Å². The monoisotopic (exact) mass is 1010 g/mol. The Morgan fingerprint density at radius 1 is 0.479 bits per heavy atom. The lowest BCUT2D eigenvalue weighted by Crippen LogP contribution is -2.52. The second-order valence-corrected chi connectivity index (χ2v) is 18.2. The summed E-state index contributed by atoms with van der Waals surface area (Å²) in [5, 5.41) is 46.2. The van der Waals surface area contributed by atoms with Gasteiger partial charge in [0.15, 0.2) is 0 Å². The molecule has 3 saturated heterocycles. The van der Waals surface area contributed by atoms with Crippen molar-refractivity contribution in [2.75, 3.05) is 46.8 Å². The van der Waals surface area contributed by atoms with E-state index in [0.717, 1.165) is 27.8 Å². The maximum absolute atomic E-state index is 12.2. The Morgan fingerprint density at radius 2 is 0.836 bits per heavy atom. The van der Waals surface area contributed by atoms with Crippen molar-refractivity contribution in [1.82, 2.24) is 0 Å². The molecule has 0 aromatic heterocycles. The minimum Gasteiger partial charge on any atom is -0.463 e. The fourth-order valence-electron chi connectivity index (χ4n) is 9.29. The van der Waals surface area contributed by atoms with E-state index in [1.54, 1.807) is 0 Å². The average Bonchev–Trinajstić information content (AvgIpc) is 3.99. The summed E-state index contributed by atoms with van der Waals surface area (Å²) in [7, 11) is 1.51. The van der Waals surface area contributed by atoms with E-state index < -0.39 is 98.1 Å². The second-order valence-electron chi connectivity index (χ2n) is 18.2. The number of carbonyl (C=O) groups is 1. The van der Waals surface area contributed by atoms with Crippen molar-refractivity contribution in [3.05, 3.63) is 179 Å². The van der Waals surface area contributed by atoms with Gasteiger partial charge < -0.3 is 77.3 Å². The lowest BCUT2D eigenvalue weighted by molar-refractivity contribution is -0.319. The molecule has 3 fully saturated rings. The molecule has 0 aliphatic carbocycles. The molecule has 0 unspecified atom stereocenters. The van der Waals surface area contributed by atoms with E-state index in [1.165, 1.54) is 14.0 Å². The van der Waals surface area contributed by atoms with Crippen LogP contribution in [0.3, 0.4) is 0 Å². The molecule has 0 spiro atoms. The van der Waals surface area contributed by atoms with Crippen LogP contribution in [0.1, 0.15) is 34.7 Å². The van der Waals surface area contributed by atoms with Crippen LogP contribution < -0.4 is 0 Å². The third-order valence-corrected chi connectivity index (χ3v) is 13.1. The Hall–Kier alpha value is -5.03. The Morgan fingerprint density at radius 3 is 1.23 bits per heavy atom. The van der Waals surface area contributed by atoms with Gasteiger partial charge in [0.1, 0.15) is 81.4 Å². The maximum Gasteiger partial charge on any atom is 0.302 e. The lowest BCUT2D eigenvalue weighted by Gasteiger charge is -2.35. The molecule has 0 amide bonds. The predicted molar refractivity (Wildman–Crippen MR) is 261 cm³/mol. The molecule has 3 heterocycles. The molecular weight excluding hydrogens is 945 g/mol. The largest absolute Gasteiger partial charge is 0.463 e. The van der Waals surface area contributed by atoms with Crippen LogP contribution in [0.25, 0.3) is 0 Å². The molecule has 392 valence electrons. The van der Waals surface area contributed by atoms with Crippen molar-refractivity contribution in [3.63, 3.8) is 0 Å². The summed E-state index contributed by atoms with van der Waals surface area (Å²) in [5.41, 5.74) is 4.24. The van der Waals surface area contributed by atoms with Gasteiger partial charge >= 0.3 is 5.97 Å². The number of rotatable bonds is 27. The fraction of sp³-hybridized carbons (Fsp3) is 0.446. The molecule has 0 saturated carbocycles. The molecule has 3 aliphatic heterocycles. The zero-order chi connectivity index (χ0) is 51.1. The minimum absolute atomic E-state index is 0.00229. The van der Waals surface area contributed by atoms with E-state index in [0.29, 0.717) is 0 Å². The van der Waals surface area contributed by atoms with Gasteiger partial charge in [-0.25, -0.2) is 0 Å². The van der Waals surface area contributed by atoms with Gasteiger partial charge in [0.05, 0.1) is 46.2 Å². The number of aliphatic hydroxyl groups excluding tert-OH is 4.